The topological polar surface area (TPSA) is 88.2 Å². The van der Waals surface area contributed by atoms with Gasteiger partial charge in [-0.15, -0.1) is 0 Å². The second-order valence-corrected chi connectivity index (χ2v) is 3.76. The number of hydrogen-bond acceptors (Lipinski definition) is 5. The van der Waals surface area contributed by atoms with E-state index in [-0.39, 0.29) is 23.7 Å². The number of rotatable bonds is 2. The fourth-order valence-electron chi connectivity index (χ4n) is 1.41. The summed E-state index contributed by atoms with van der Waals surface area (Å²) in [6, 6.07) is 3.74. The number of halogens is 1. The molecular formula is C13H10FN3O3. The van der Waals surface area contributed by atoms with Gasteiger partial charge in [0.2, 0.25) is 0 Å². The minimum Gasteiger partial charge on any atom is -0.384 e. The highest BCUT2D eigenvalue weighted by molar-refractivity contribution is 6.03. The van der Waals surface area contributed by atoms with Crippen LogP contribution in [0.2, 0.25) is 0 Å². The van der Waals surface area contributed by atoms with Gasteiger partial charge in [-0.05, 0) is 25.1 Å². The molecule has 1 aromatic carbocycles. The van der Waals surface area contributed by atoms with Gasteiger partial charge in [0.15, 0.2) is 5.82 Å². The van der Waals surface area contributed by atoms with Gasteiger partial charge in [0.05, 0.1) is 5.56 Å². The number of hydrogen-bond donors (Lipinski definition) is 2. The van der Waals surface area contributed by atoms with E-state index >= 15 is 0 Å². The average molecular weight is 275 g/mol. The first-order valence-electron chi connectivity index (χ1n) is 5.61. The van der Waals surface area contributed by atoms with Crippen molar-refractivity contribution < 1.29 is 18.8 Å². The van der Waals surface area contributed by atoms with Crippen LogP contribution in [0.1, 0.15) is 21.7 Å². The molecule has 1 heterocycles. The van der Waals surface area contributed by atoms with Crippen molar-refractivity contribution in [3.8, 4) is 11.8 Å². The standard InChI is InChI=1S/C13H10FN3O3/c1-8-15-13(20-17-8)16-12(19)10-5-4-9(3-2-6-18)11(14)7-10/h4-5,7,18H,6H2,1H3,(H,15,16,17,19). The molecule has 2 aromatic rings. The summed E-state index contributed by atoms with van der Waals surface area (Å²) in [4.78, 5) is 15.6. The molecule has 1 amide bonds. The van der Waals surface area contributed by atoms with Gasteiger partial charge in [0.25, 0.3) is 5.91 Å². The lowest BCUT2D eigenvalue weighted by atomic mass is 10.1. The summed E-state index contributed by atoms with van der Waals surface area (Å²) in [5.74, 6) is 3.91. The molecule has 0 unspecified atom stereocenters. The lowest BCUT2D eigenvalue weighted by Gasteiger charge is -2.01. The molecule has 7 heteroatoms. The second-order valence-electron chi connectivity index (χ2n) is 3.76. The van der Waals surface area contributed by atoms with E-state index in [1.165, 1.54) is 12.1 Å². The Bertz CT molecular complexity index is 700. The van der Waals surface area contributed by atoms with Gasteiger partial charge in [-0.1, -0.05) is 17.0 Å². The maximum Gasteiger partial charge on any atom is 0.328 e. The highest BCUT2D eigenvalue weighted by atomic mass is 19.1. The molecule has 20 heavy (non-hydrogen) atoms. The number of aryl methyl sites for hydroxylation is 1. The fraction of sp³-hybridized carbons (Fsp3) is 0.154. The van der Waals surface area contributed by atoms with Crippen LogP contribution in [-0.2, 0) is 0 Å². The molecule has 0 bridgehead atoms. The van der Waals surface area contributed by atoms with Crippen LogP contribution in [0.25, 0.3) is 0 Å². The molecule has 2 N–H and O–H groups in total. The lowest BCUT2D eigenvalue weighted by Crippen LogP contribution is -2.12. The first kappa shape index (κ1) is 13.7. The maximum absolute atomic E-state index is 13.7. The number of aromatic nitrogens is 2. The smallest absolute Gasteiger partial charge is 0.328 e. The number of aliphatic hydroxyl groups excluding tert-OH is 1. The Morgan fingerprint density at radius 2 is 2.35 bits per heavy atom. The van der Waals surface area contributed by atoms with Gasteiger partial charge in [-0.25, -0.2) is 4.39 Å². The minimum atomic E-state index is -0.652. The van der Waals surface area contributed by atoms with Crippen LogP contribution in [0.5, 0.6) is 0 Å². The predicted octanol–water partition coefficient (Wildman–Crippen LogP) is 1.11. The quantitative estimate of drug-likeness (QED) is 0.802. The van der Waals surface area contributed by atoms with E-state index in [1.807, 2.05) is 0 Å². The molecule has 0 spiro atoms. The minimum absolute atomic E-state index is 0.0583. The largest absolute Gasteiger partial charge is 0.384 e. The second kappa shape index (κ2) is 5.95. The van der Waals surface area contributed by atoms with E-state index in [0.29, 0.717) is 5.82 Å². The summed E-state index contributed by atoms with van der Waals surface area (Å²) < 4.78 is 18.4. The van der Waals surface area contributed by atoms with Crippen molar-refractivity contribution >= 4 is 11.9 Å². The summed E-state index contributed by atoms with van der Waals surface area (Å²) in [6.07, 6.45) is 0. The van der Waals surface area contributed by atoms with Crippen molar-refractivity contribution in [3.05, 3.63) is 41.0 Å². The number of nitrogens with one attached hydrogen (secondary N) is 1. The average Bonchev–Trinajstić information content (AvgIpc) is 2.82. The zero-order valence-corrected chi connectivity index (χ0v) is 10.5. The van der Waals surface area contributed by atoms with Crippen molar-refractivity contribution in [1.82, 2.24) is 10.1 Å². The first-order valence-corrected chi connectivity index (χ1v) is 5.61. The van der Waals surface area contributed by atoms with E-state index in [1.54, 1.807) is 6.92 Å². The monoisotopic (exact) mass is 275 g/mol. The molecule has 0 atom stereocenters. The number of benzene rings is 1. The Balaban J connectivity index is 2.16. The van der Waals surface area contributed by atoms with Gasteiger partial charge >= 0.3 is 6.01 Å². The lowest BCUT2D eigenvalue weighted by molar-refractivity contribution is 0.102. The van der Waals surface area contributed by atoms with Crippen LogP contribution in [0.4, 0.5) is 10.4 Å². The Morgan fingerprint density at radius 1 is 1.55 bits per heavy atom. The van der Waals surface area contributed by atoms with E-state index < -0.39 is 11.7 Å². The van der Waals surface area contributed by atoms with Crippen molar-refractivity contribution in [2.45, 2.75) is 6.92 Å². The summed E-state index contributed by atoms with van der Waals surface area (Å²) in [5.41, 5.74) is 0.192. The highest BCUT2D eigenvalue weighted by Gasteiger charge is 2.12. The van der Waals surface area contributed by atoms with E-state index in [2.05, 4.69) is 27.3 Å². The zero-order chi connectivity index (χ0) is 14.5. The Morgan fingerprint density at radius 3 is 2.95 bits per heavy atom. The molecule has 0 fully saturated rings. The van der Waals surface area contributed by atoms with Gasteiger partial charge < -0.3 is 9.63 Å². The molecule has 6 nitrogen and oxygen atoms in total. The molecule has 0 saturated carbocycles. The van der Waals surface area contributed by atoms with E-state index in [4.69, 9.17) is 9.63 Å². The van der Waals surface area contributed by atoms with Gasteiger partial charge in [0, 0.05) is 5.56 Å². The third-order valence-electron chi connectivity index (χ3n) is 2.28. The number of aliphatic hydroxyl groups is 1. The van der Waals surface area contributed by atoms with E-state index in [0.717, 1.165) is 6.07 Å². The Kier molecular flexibility index (Phi) is 4.08. The normalized spacial score (nSPS) is 9.75. The first-order chi connectivity index (χ1) is 9.60. The van der Waals surface area contributed by atoms with Gasteiger partial charge in [-0.3, -0.25) is 10.1 Å². The molecular weight excluding hydrogens is 265 g/mol. The van der Waals surface area contributed by atoms with Crippen molar-refractivity contribution in [1.29, 1.82) is 0 Å². The highest BCUT2D eigenvalue weighted by Crippen LogP contribution is 2.11. The maximum atomic E-state index is 13.7. The molecule has 0 aliphatic carbocycles. The molecule has 0 aliphatic rings. The third kappa shape index (κ3) is 3.18. The summed E-state index contributed by atoms with van der Waals surface area (Å²) in [5, 5.41) is 14.4. The molecule has 102 valence electrons. The van der Waals surface area contributed by atoms with Crippen LogP contribution < -0.4 is 5.32 Å². The van der Waals surface area contributed by atoms with Crippen molar-refractivity contribution in [2.75, 3.05) is 11.9 Å². The summed E-state index contributed by atoms with van der Waals surface area (Å²) in [7, 11) is 0. The fourth-order valence-corrected chi connectivity index (χ4v) is 1.41. The van der Waals surface area contributed by atoms with Crippen molar-refractivity contribution in [2.24, 2.45) is 0 Å². The van der Waals surface area contributed by atoms with Crippen LogP contribution >= 0.6 is 0 Å². The molecule has 2 rings (SSSR count). The predicted molar refractivity (Wildman–Crippen MR) is 67.4 cm³/mol. The molecule has 1 aromatic heterocycles. The van der Waals surface area contributed by atoms with Crippen LogP contribution in [0, 0.1) is 24.6 Å². The molecule has 0 radical (unpaired) electrons. The van der Waals surface area contributed by atoms with Gasteiger partial charge in [0.1, 0.15) is 12.4 Å². The van der Waals surface area contributed by atoms with Crippen LogP contribution in [0.15, 0.2) is 22.7 Å². The number of carbonyl (C=O) groups is 1. The third-order valence-corrected chi connectivity index (χ3v) is 2.28. The molecule has 0 aliphatic heterocycles. The number of anilines is 1. The van der Waals surface area contributed by atoms with Crippen LogP contribution in [0.3, 0.4) is 0 Å². The van der Waals surface area contributed by atoms with Crippen molar-refractivity contribution in [3.63, 3.8) is 0 Å². The summed E-state index contributed by atoms with van der Waals surface area (Å²) in [6.45, 7) is 1.24. The number of amides is 1. The number of carbonyl (C=O) groups excluding carboxylic acids is 1. The Labute approximate surface area is 113 Å². The SMILES string of the molecule is Cc1noc(NC(=O)c2ccc(C#CCO)c(F)c2)n1. The summed E-state index contributed by atoms with van der Waals surface area (Å²) >= 11 is 0. The van der Waals surface area contributed by atoms with Crippen LogP contribution in [-0.4, -0.2) is 27.8 Å². The zero-order valence-electron chi connectivity index (χ0n) is 10.5. The van der Waals surface area contributed by atoms with E-state index in [9.17, 15) is 9.18 Å². The molecule has 0 saturated heterocycles. The Hall–Kier alpha value is -2.72. The number of nitrogens with zero attached hydrogens (tertiary/aromatic N) is 2. The van der Waals surface area contributed by atoms with Gasteiger partial charge in [-0.2, -0.15) is 4.98 Å².